The Morgan fingerprint density at radius 2 is 0.139 bits per heavy atom. The van der Waals surface area contributed by atoms with E-state index in [0.29, 0.717) is 0 Å². The van der Waals surface area contributed by atoms with Crippen molar-refractivity contribution < 1.29 is 107 Å². The zero-order valence-electron chi connectivity index (χ0n) is 13.9. The summed E-state index contributed by atoms with van der Waals surface area (Å²) in [6.45, 7) is 0. The Hall–Kier alpha value is 2.73. The van der Waals surface area contributed by atoms with Crippen molar-refractivity contribution in [2.45, 2.75) is 0 Å². The number of hydrogen-bond acceptors (Lipinski definition) is 0. The zero-order valence-corrected chi connectivity index (χ0v) is 28.1. The molecule has 0 atom stereocenters. The van der Waals surface area contributed by atoms with E-state index in [1.165, 1.54) is 0 Å². The summed E-state index contributed by atoms with van der Waals surface area (Å²) < 4.78 is 298. The first-order valence-corrected chi connectivity index (χ1v) is 34.0. The van der Waals surface area contributed by atoms with E-state index in [2.05, 4.69) is 0 Å². The van der Waals surface area contributed by atoms with Crippen molar-refractivity contribution >= 4 is 97.4 Å². The second kappa shape index (κ2) is 8.43. The van der Waals surface area contributed by atoms with Crippen molar-refractivity contribution in [1.29, 1.82) is 0 Å². The number of rotatable bonds is 0. The van der Waals surface area contributed by atoms with Gasteiger partial charge in [-0.25, -0.2) is 0 Å². The standard InChI is InChI=1S/Ag.30FH.5Sb/h;30*1H;;;;;/q+5;;;;;;;;;;;;;;;;;;;;;;;;;;;;;;;5*+5/p-30. The van der Waals surface area contributed by atoms with Gasteiger partial charge in [0.2, 0.25) is 0 Å². The van der Waals surface area contributed by atoms with E-state index < -0.39 is 97.4 Å². The van der Waals surface area contributed by atoms with Gasteiger partial charge in [0.05, 0.1) is 0 Å². The molecule has 0 bridgehead atoms. The van der Waals surface area contributed by atoms with Crippen LogP contribution in [-0.4, -0.2) is 97.4 Å². The average molecular weight is 1290 g/mol. The van der Waals surface area contributed by atoms with E-state index in [1.54, 1.807) is 0 Å². The van der Waals surface area contributed by atoms with Gasteiger partial charge < -0.3 is 0 Å². The summed E-state index contributed by atoms with van der Waals surface area (Å²) in [7, 11) is 0. The van der Waals surface area contributed by atoms with Gasteiger partial charge in [-0.15, -0.1) is 0 Å². The molecule has 0 radical (unpaired) electrons. The number of hydrogen-bond donors (Lipinski definition) is 0. The van der Waals surface area contributed by atoms with E-state index in [4.69, 9.17) is 0 Å². The van der Waals surface area contributed by atoms with Gasteiger partial charge in [-0.3, -0.25) is 0 Å². The summed E-state index contributed by atoms with van der Waals surface area (Å²) in [5.74, 6) is 0. The van der Waals surface area contributed by atoms with Crippen molar-refractivity contribution in [1.82, 2.24) is 0 Å². The van der Waals surface area contributed by atoms with Gasteiger partial charge in [0.25, 0.3) is 0 Å². The maximum absolute atomic E-state index is 11.2. The Morgan fingerprint density at radius 1 is 0.139 bits per heavy atom. The molecule has 36 heavy (non-hydrogen) atoms. The van der Waals surface area contributed by atoms with Crippen LogP contribution in [0.1, 0.15) is 0 Å². The molecular weight excluding hydrogens is 1290 g/mol. The molecule has 0 fully saturated rings. The molecule has 0 rings (SSSR count). The van der Waals surface area contributed by atoms with Crippen molar-refractivity contribution in [2.75, 3.05) is 0 Å². The van der Waals surface area contributed by atoms with E-state index in [0.717, 1.165) is 0 Å². The van der Waals surface area contributed by atoms with Crippen LogP contribution in [0.5, 0.6) is 0 Å². The molecule has 0 heterocycles. The van der Waals surface area contributed by atoms with Crippen LogP contribution in [0.2, 0.25) is 0 Å². The molecule has 0 aromatic rings. The Bertz CT molecular complexity index is 494. The van der Waals surface area contributed by atoms with Crippen molar-refractivity contribution in [3.63, 3.8) is 0 Å². The normalized spacial score (nSPS) is 22.5. The van der Waals surface area contributed by atoms with Crippen LogP contribution in [0.25, 0.3) is 0 Å². The first-order valence-electron chi connectivity index (χ1n) is 5.07. The maximum atomic E-state index is 9.93. The van der Waals surface area contributed by atoms with Gasteiger partial charge in [0, 0.05) is 0 Å². The van der Waals surface area contributed by atoms with E-state index >= 15 is 0 Å². The molecule has 0 unspecified atom stereocenters. The van der Waals surface area contributed by atoms with Crippen LogP contribution in [-0.2, 0) is 22.4 Å². The molecule has 0 amide bonds. The first-order chi connectivity index (χ1) is 12.2. The predicted octanol–water partition coefficient (Wildman–Crippen LogP) is 10.7. The summed E-state index contributed by atoms with van der Waals surface area (Å²) in [5, 5.41) is 0. The Kier molecular flexibility index (Phi) is 12.0. The molecule has 0 aliphatic heterocycles. The molecule has 0 aromatic carbocycles. The third kappa shape index (κ3) is 6290. The molecule has 0 N–H and O–H groups in total. The van der Waals surface area contributed by atoms with Crippen LogP contribution in [0.15, 0.2) is 0 Å². The summed E-state index contributed by atoms with van der Waals surface area (Å²) >= 11 is -56.2. The Labute approximate surface area is 201 Å². The Morgan fingerprint density at radius 3 is 0.139 bits per heavy atom. The first kappa shape index (κ1) is 51.5. The average Bonchev–Trinajstić information content (AvgIpc) is 1.56. The van der Waals surface area contributed by atoms with Crippen LogP contribution in [0.4, 0.5) is 84.4 Å². The number of halogens is 30. The van der Waals surface area contributed by atoms with Crippen molar-refractivity contribution in [3.8, 4) is 0 Å². The van der Waals surface area contributed by atoms with Gasteiger partial charge in [0.1, 0.15) is 0 Å². The molecule has 0 aromatic heterocycles. The van der Waals surface area contributed by atoms with Crippen LogP contribution >= 0.6 is 0 Å². The summed E-state index contributed by atoms with van der Waals surface area (Å²) in [6.07, 6.45) is 0. The second-order valence-electron chi connectivity index (χ2n) is 4.79. The van der Waals surface area contributed by atoms with Crippen LogP contribution in [0.3, 0.4) is 0 Å². The van der Waals surface area contributed by atoms with Crippen LogP contribution < -0.4 is 0 Å². The van der Waals surface area contributed by atoms with Gasteiger partial charge >= 0.3 is 204 Å². The molecule has 246 valence electrons. The van der Waals surface area contributed by atoms with Crippen molar-refractivity contribution in [3.05, 3.63) is 0 Å². The fraction of sp³-hybridized carbons (Fsp3) is 0. The molecule has 0 aliphatic carbocycles. The third-order valence-corrected chi connectivity index (χ3v) is 0. The molecule has 36 heteroatoms. The predicted molar refractivity (Wildman–Crippen MR) is 62.0 cm³/mol. The van der Waals surface area contributed by atoms with Gasteiger partial charge in [0.15, 0.2) is 0 Å². The molecule has 0 aliphatic rings. The van der Waals surface area contributed by atoms with E-state index in [-0.39, 0.29) is 22.4 Å². The van der Waals surface area contributed by atoms with E-state index in [1.807, 2.05) is 0 Å². The SMILES string of the molecule is [Ag+5].[F][Sb-]([F])([F])([F])([F])[F].[F][Sb-]([F])([F])([F])([F])[F].[F][Sb-]([F])([F])([F])([F])[F].[F][Sb-]([F])([F])([F])([F])[F].[F][Sb-]([F])([F])([F])([F])[F]. The summed E-state index contributed by atoms with van der Waals surface area (Å²) in [5.41, 5.74) is 0. The van der Waals surface area contributed by atoms with Gasteiger partial charge in [-0.1, -0.05) is 0 Å². The molecule has 0 saturated heterocycles. The second-order valence-corrected chi connectivity index (χ2v) is 32.1. The topological polar surface area (TPSA) is 0 Å². The van der Waals surface area contributed by atoms with Crippen molar-refractivity contribution in [2.24, 2.45) is 0 Å². The minimum absolute atomic E-state index is 0. The molecule has 0 nitrogen and oxygen atoms in total. The third-order valence-electron chi connectivity index (χ3n) is 0. The quantitative estimate of drug-likeness (QED) is 0.168. The van der Waals surface area contributed by atoms with Gasteiger partial charge in [-0.2, -0.15) is 0 Å². The Balaban J connectivity index is -0.0000000776. The molecule has 0 saturated carbocycles. The monoisotopic (exact) mass is 1280 g/mol. The zero-order chi connectivity index (χ0) is 32.0. The molecular formula is AgF30Sb5. The fourth-order valence-corrected chi connectivity index (χ4v) is 0. The summed E-state index contributed by atoms with van der Waals surface area (Å²) in [4.78, 5) is 0. The minimum atomic E-state index is -11.2. The van der Waals surface area contributed by atoms with E-state index in [9.17, 15) is 84.4 Å². The fourth-order valence-electron chi connectivity index (χ4n) is 0. The summed E-state index contributed by atoms with van der Waals surface area (Å²) in [6, 6.07) is 0. The van der Waals surface area contributed by atoms with Gasteiger partial charge in [-0.05, 0) is 0 Å². The van der Waals surface area contributed by atoms with Crippen LogP contribution in [0, 0.1) is 0 Å². The molecule has 0 spiro atoms.